The first-order valence-electron chi connectivity index (χ1n) is 6.14. The minimum absolute atomic E-state index is 0.00805. The molecule has 2 fully saturated rings. The number of hydrogen-bond acceptors (Lipinski definition) is 5. The third-order valence-corrected chi connectivity index (χ3v) is 7.57. The highest BCUT2D eigenvalue weighted by molar-refractivity contribution is 7.95. The van der Waals surface area contributed by atoms with Crippen LogP contribution >= 0.6 is 0 Å². The van der Waals surface area contributed by atoms with E-state index < -0.39 is 30.7 Å². The van der Waals surface area contributed by atoms with Crippen molar-refractivity contribution in [3.63, 3.8) is 0 Å². The summed E-state index contributed by atoms with van der Waals surface area (Å²) in [5, 5.41) is 9.19. The molecule has 0 radical (unpaired) electrons. The molecule has 8 heteroatoms. The van der Waals surface area contributed by atoms with Crippen LogP contribution in [0.2, 0.25) is 0 Å². The number of aliphatic hydroxyl groups is 1. The van der Waals surface area contributed by atoms with Crippen molar-refractivity contribution >= 4 is 19.9 Å². The number of sulfone groups is 1. The first-order chi connectivity index (χ1) is 8.23. The zero-order valence-electron chi connectivity index (χ0n) is 10.1. The summed E-state index contributed by atoms with van der Waals surface area (Å²) in [5.74, 6) is -0.371. The van der Waals surface area contributed by atoms with E-state index in [1.54, 1.807) is 0 Å². The molecule has 2 aliphatic rings. The van der Waals surface area contributed by atoms with Gasteiger partial charge in [0, 0.05) is 6.54 Å². The van der Waals surface area contributed by atoms with Gasteiger partial charge in [0.25, 0.3) is 0 Å². The van der Waals surface area contributed by atoms with Crippen molar-refractivity contribution in [1.29, 1.82) is 0 Å². The van der Waals surface area contributed by atoms with Crippen LogP contribution in [0.15, 0.2) is 0 Å². The van der Waals surface area contributed by atoms with Crippen LogP contribution in [0.1, 0.15) is 32.1 Å². The number of nitrogens with one attached hydrogen (secondary N) is 1. The van der Waals surface area contributed by atoms with Crippen LogP contribution in [-0.2, 0) is 19.9 Å². The Morgan fingerprint density at radius 1 is 1.28 bits per heavy atom. The van der Waals surface area contributed by atoms with Crippen LogP contribution in [-0.4, -0.2) is 50.8 Å². The number of hydrogen-bond donors (Lipinski definition) is 2. The molecular weight excluding hydrogens is 278 g/mol. The van der Waals surface area contributed by atoms with E-state index in [9.17, 15) is 21.9 Å². The van der Waals surface area contributed by atoms with Crippen molar-refractivity contribution in [2.45, 2.75) is 43.0 Å². The van der Waals surface area contributed by atoms with Gasteiger partial charge in [0.2, 0.25) is 10.0 Å². The molecule has 1 aliphatic carbocycles. The molecule has 2 N–H and O–H groups in total. The quantitative estimate of drug-likeness (QED) is 0.721. The van der Waals surface area contributed by atoms with Gasteiger partial charge in [0.15, 0.2) is 9.84 Å². The number of sulfonamides is 1. The summed E-state index contributed by atoms with van der Waals surface area (Å²) in [6.07, 6.45) is 3.14. The van der Waals surface area contributed by atoms with E-state index in [1.807, 2.05) is 0 Å². The van der Waals surface area contributed by atoms with Gasteiger partial charge in [0.1, 0.15) is 0 Å². The van der Waals surface area contributed by atoms with Gasteiger partial charge in [-0.2, -0.15) is 0 Å². The van der Waals surface area contributed by atoms with E-state index in [0.717, 1.165) is 12.8 Å². The smallest absolute Gasteiger partial charge is 0.215 e. The maximum Gasteiger partial charge on any atom is 0.215 e. The fraction of sp³-hybridized carbons (Fsp3) is 1.00. The Kier molecular flexibility index (Phi) is 3.74. The molecule has 6 nitrogen and oxygen atoms in total. The second-order valence-electron chi connectivity index (χ2n) is 5.32. The van der Waals surface area contributed by atoms with Crippen LogP contribution < -0.4 is 4.72 Å². The third kappa shape index (κ3) is 3.23. The van der Waals surface area contributed by atoms with Crippen molar-refractivity contribution in [1.82, 2.24) is 4.72 Å². The van der Waals surface area contributed by atoms with Crippen molar-refractivity contribution in [2.24, 2.45) is 0 Å². The molecule has 0 spiro atoms. The minimum atomic E-state index is -3.65. The summed E-state index contributed by atoms with van der Waals surface area (Å²) < 4.78 is 48.8. The maximum atomic E-state index is 11.9. The van der Waals surface area contributed by atoms with Gasteiger partial charge in [-0.1, -0.05) is 12.8 Å². The van der Waals surface area contributed by atoms with Gasteiger partial charge in [0.05, 0.1) is 22.4 Å². The summed E-state index contributed by atoms with van der Waals surface area (Å²) in [7, 11) is -6.86. The van der Waals surface area contributed by atoms with E-state index >= 15 is 0 Å². The molecule has 2 rings (SSSR count). The summed E-state index contributed by atoms with van der Waals surface area (Å²) in [4.78, 5) is 0. The molecule has 0 aromatic rings. The Morgan fingerprint density at radius 3 is 2.39 bits per heavy atom. The summed E-state index contributed by atoms with van der Waals surface area (Å²) >= 11 is 0. The fourth-order valence-electron chi connectivity index (χ4n) is 2.57. The second-order valence-corrected chi connectivity index (χ2v) is 9.60. The zero-order valence-corrected chi connectivity index (χ0v) is 11.8. The molecule has 1 unspecified atom stereocenters. The van der Waals surface area contributed by atoms with E-state index in [2.05, 4.69) is 4.72 Å². The largest absolute Gasteiger partial charge is 0.389 e. The molecule has 18 heavy (non-hydrogen) atoms. The monoisotopic (exact) mass is 297 g/mol. The van der Waals surface area contributed by atoms with Crippen molar-refractivity contribution in [3.8, 4) is 0 Å². The summed E-state index contributed by atoms with van der Waals surface area (Å²) in [6.45, 7) is -0.00805. The van der Waals surface area contributed by atoms with Crippen LogP contribution in [0.25, 0.3) is 0 Å². The Labute approximate surface area is 108 Å². The lowest BCUT2D eigenvalue weighted by molar-refractivity contribution is 0.0531. The SMILES string of the molecule is O=S1(=O)CCC(S(=O)(=O)NCC2(O)CCCC2)C1. The van der Waals surface area contributed by atoms with Gasteiger partial charge >= 0.3 is 0 Å². The first-order valence-corrected chi connectivity index (χ1v) is 9.51. The van der Waals surface area contributed by atoms with E-state index in [0.29, 0.717) is 12.8 Å². The highest BCUT2D eigenvalue weighted by Crippen LogP contribution is 2.29. The molecule has 0 aromatic heterocycles. The second kappa shape index (κ2) is 4.73. The standard InChI is InChI=1S/C10H19NO5S2/c12-10(4-1-2-5-10)8-11-18(15,16)9-3-6-17(13,14)7-9/h9,11-12H,1-8H2. The topological polar surface area (TPSA) is 101 Å². The van der Waals surface area contributed by atoms with Crippen molar-refractivity contribution in [3.05, 3.63) is 0 Å². The van der Waals surface area contributed by atoms with Gasteiger partial charge < -0.3 is 5.11 Å². The maximum absolute atomic E-state index is 11.9. The van der Waals surface area contributed by atoms with Crippen LogP contribution in [0.5, 0.6) is 0 Å². The third-order valence-electron chi connectivity index (χ3n) is 3.77. The molecule has 0 bridgehead atoms. The van der Waals surface area contributed by atoms with Gasteiger partial charge in [-0.05, 0) is 19.3 Å². The lowest BCUT2D eigenvalue weighted by Crippen LogP contribution is -2.44. The highest BCUT2D eigenvalue weighted by atomic mass is 32.2. The lowest BCUT2D eigenvalue weighted by atomic mass is 10.0. The molecule has 1 aliphatic heterocycles. The Bertz CT molecular complexity index is 504. The van der Waals surface area contributed by atoms with E-state index in [4.69, 9.17) is 0 Å². The Morgan fingerprint density at radius 2 is 1.89 bits per heavy atom. The molecule has 1 saturated carbocycles. The van der Waals surface area contributed by atoms with Crippen molar-refractivity contribution < 1.29 is 21.9 Å². The zero-order chi connectivity index (χ0) is 13.4. The summed E-state index contributed by atoms with van der Waals surface area (Å²) in [6, 6.07) is 0. The molecule has 1 atom stereocenters. The predicted octanol–water partition coefficient (Wildman–Crippen LogP) is -0.602. The normalized spacial score (nSPS) is 30.6. The average Bonchev–Trinajstić information content (AvgIpc) is 2.83. The molecular formula is C10H19NO5S2. The van der Waals surface area contributed by atoms with Gasteiger partial charge in [-0.25, -0.2) is 21.6 Å². The van der Waals surface area contributed by atoms with Gasteiger partial charge in [-0.15, -0.1) is 0 Å². The van der Waals surface area contributed by atoms with Crippen LogP contribution in [0.3, 0.4) is 0 Å². The average molecular weight is 297 g/mol. The highest BCUT2D eigenvalue weighted by Gasteiger charge is 2.39. The molecule has 0 amide bonds. The summed E-state index contributed by atoms with van der Waals surface area (Å²) in [5.41, 5.74) is -0.954. The molecule has 1 saturated heterocycles. The van der Waals surface area contributed by atoms with Gasteiger partial charge in [-0.3, -0.25) is 0 Å². The molecule has 0 aromatic carbocycles. The molecule has 1 heterocycles. The van der Waals surface area contributed by atoms with E-state index in [1.165, 1.54) is 0 Å². The first kappa shape index (κ1) is 14.2. The van der Waals surface area contributed by atoms with Crippen molar-refractivity contribution in [2.75, 3.05) is 18.1 Å². The molecule has 106 valence electrons. The minimum Gasteiger partial charge on any atom is -0.389 e. The fourth-order valence-corrected chi connectivity index (χ4v) is 6.73. The number of rotatable bonds is 4. The lowest BCUT2D eigenvalue weighted by Gasteiger charge is -2.23. The van der Waals surface area contributed by atoms with E-state index in [-0.39, 0.29) is 24.5 Å². The van der Waals surface area contributed by atoms with Crippen LogP contribution in [0, 0.1) is 0 Å². The Balaban J connectivity index is 1.96. The predicted molar refractivity (Wildman–Crippen MR) is 67.4 cm³/mol. The Hall–Kier alpha value is -0.180. The van der Waals surface area contributed by atoms with Crippen LogP contribution in [0.4, 0.5) is 0 Å².